The number of rotatable bonds is 8. The van der Waals surface area contributed by atoms with Crippen LogP contribution < -0.4 is 10.6 Å². The van der Waals surface area contributed by atoms with E-state index in [0.717, 1.165) is 47.9 Å². The maximum Gasteiger partial charge on any atom is 0.407 e. The van der Waals surface area contributed by atoms with Gasteiger partial charge in [0.2, 0.25) is 5.91 Å². The number of carboxylic acids is 1. The van der Waals surface area contributed by atoms with E-state index in [9.17, 15) is 19.5 Å². The smallest absolute Gasteiger partial charge is 0.407 e. The second-order valence-electron chi connectivity index (χ2n) is 9.80. The predicted octanol–water partition coefficient (Wildman–Crippen LogP) is 4.06. The summed E-state index contributed by atoms with van der Waals surface area (Å²) in [5.41, 5.74) is 3.67. The van der Waals surface area contributed by atoms with Crippen LogP contribution in [0.1, 0.15) is 55.6 Å². The number of hydrogen-bond donors (Lipinski definition) is 3. The van der Waals surface area contributed by atoms with E-state index in [2.05, 4.69) is 34.9 Å². The van der Waals surface area contributed by atoms with Gasteiger partial charge >= 0.3 is 12.1 Å². The molecule has 1 unspecified atom stereocenters. The fourth-order valence-electron chi connectivity index (χ4n) is 5.48. The van der Waals surface area contributed by atoms with Crippen LogP contribution in [-0.2, 0) is 14.3 Å². The highest BCUT2D eigenvalue weighted by atomic mass is 16.5. The van der Waals surface area contributed by atoms with Gasteiger partial charge in [0.05, 0.1) is 5.41 Å². The van der Waals surface area contributed by atoms with Crippen molar-refractivity contribution in [2.24, 2.45) is 11.3 Å². The molecule has 2 saturated carbocycles. The number of carbonyl (C=O) groups excluding carboxylic acids is 2. The first-order valence-electron chi connectivity index (χ1n) is 12.1. The van der Waals surface area contributed by atoms with Crippen LogP contribution in [0, 0.1) is 11.3 Å². The second kappa shape index (κ2) is 9.12. The van der Waals surface area contributed by atoms with Crippen molar-refractivity contribution in [2.45, 2.75) is 50.5 Å². The summed E-state index contributed by atoms with van der Waals surface area (Å²) in [5.74, 6) is -1.18. The molecule has 0 radical (unpaired) electrons. The third kappa shape index (κ3) is 4.27. The van der Waals surface area contributed by atoms with Gasteiger partial charge in [-0.15, -0.1) is 0 Å². The number of nitrogens with one attached hydrogen (secondary N) is 2. The van der Waals surface area contributed by atoms with Crippen LogP contribution in [0.2, 0.25) is 0 Å². The zero-order valence-electron chi connectivity index (χ0n) is 19.1. The van der Waals surface area contributed by atoms with E-state index in [-0.39, 0.29) is 30.9 Å². The minimum absolute atomic E-state index is 0.0517. The lowest BCUT2D eigenvalue weighted by molar-refractivity contribution is -0.148. The van der Waals surface area contributed by atoms with Gasteiger partial charge in [-0.25, -0.2) is 4.79 Å². The maximum absolute atomic E-state index is 12.9. The zero-order valence-corrected chi connectivity index (χ0v) is 19.1. The molecule has 0 saturated heterocycles. The summed E-state index contributed by atoms with van der Waals surface area (Å²) in [6, 6.07) is 15.6. The number of ether oxygens (including phenoxy) is 1. The molecule has 7 heteroatoms. The molecule has 1 atom stereocenters. The topological polar surface area (TPSA) is 105 Å². The molecule has 3 N–H and O–H groups in total. The first-order chi connectivity index (χ1) is 16.5. The fraction of sp³-hybridized carbons (Fsp3) is 0.444. The number of alkyl carbamates (subject to hydrolysis) is 1. The fourth-order valence-corrected chi connectivity index (χ4v) is 5.48. The molecule has 3 aliphatic carbocycles. The number of fused-ring (bicyclic) bond motifs is 3. The second-order valence-corrected chi connectivity index (χ2v) is 9.80. The van der Waals surface area contributed by atoms with Crippen molar-refractivity contribution >= 4 is 18.0 Å². The summed E-state index contributed by atoms with van der Waals surface area (Å²) in [5, 5.41) is 15.2. The minimum atomic E-state index is -0.895. The van der Waals surface area contributed by atoms with Crippen molar-refractivity contribution in [1.29, 1.82) is 0 Å². The lowest BCUT2D eigenvalue weighted by Crippen LogP contribution is -2.51. The predicted molar refractivity (Wildman–Crippen MR) is 126 cm³/mol. The van der Waals surface area contributed by atoms with Crippen LogP contribution in [0.4, 0.5) is 4.79 Å². The highest BCUT2D eigenvalue weighted by Crippen LogP contribution is 2.44. The molecular weight excluding hydrogens is 432 g/mol. The highest BCUT2D eigenvalue weighted by Gasteiger charge is 2.43. The first-order valence-corrected chi connectivity index (χ1v) is 12.1. The summed E-state index contributed by atoms with van der Waals surface area (Å²) < 4.78 is 5.61. The molecule has 0 heterocycles. The molecule has 2 aromatic rings. The Morgan fingerprint density at radius 3 is 2.12 bits per heavy atom. The largest absolute Gasteiger partial charge is 0.481 e. The van der Waals surface area contributed by atoms with Gasteiger partial charge in [-0.1, -0.05) is 61.4 Å². The number of carboxylic acid groups (broad SMARTS) is 1. The monoisotopic (exact) mass is 462 g/mol. The number of aliphatic carboxylic acids is 1. The van der Waals surface area contributed by atoms with Crippen molar-refractivity contribution in [3.05, 3.63) is 59.7 Å². The Balaban J connectivity index is 1.20. The molecule has 2 amide bonds. The molecule has 2 aromatic carbocycles. The van der Waals surface area contributed by atoms with Crippen molar-refractivity contribution in [2.75, 3.05) is 13.2 Å². The van der Waals surface area contributed by atoms with Gasteiger partial charge in [0.15, 0.2) is 0 Å². The van der Waals surface area contributed by atoms with Crippen molar-refractivity contribution in [3.8, 4) is 11.1 Å². The van der Waals surface area contributed by atoms with Crippen LogP contribution in [0.25, 0.3) is 11.1 Å². The Hall–Kier alpha value is -3.35. The molecule has 7 nitrogen and oxygen atoms in total. The summed E-state index contributed by atoms with van der Waals surface area (Å²) in [7, 11) is 0. The average molecular weight is 463 g/mol. The van der Waals surface area contributed by atoms with E-state index < -0.39 is 23.5 Å². The molecule has 3 aliphatic rings. The van der Waals surface area contributed by atoms with E-state index >= 15 is 0 Å². The number of benzene rings is 2. The molecule has 0 bridgehead atoms. The van der Waals surface area contributed by atoms with Gasteiger partial charge in [-0.05, 0) is 53.9 Å². The van der Waals surface area contributed by atoms with Crippen LogP contribution in [-0.4, -0.2) is 42.3 Å². The van der Waals surface area contributed by atoms with E-state index in [4.69, 9.17) is 4.74 Å². The van der Waals surface area contributed by atoms with E-state index in [1.807, 2.05) is 24.3 Å². The Kier molecular flexibility index (Phi) is 6.02. The standard InChI is InChI=1S/C27H30N2O5/c30-24(28-16-27(25(31)32)13-5-6-14-27)23(17-11-12-17)29-26(33)34-15-22-20-9-3-1-7-18(20)19-8-2-4-10-21(19)22/h1-4,7-10,17,22-23H,5-6,11-16H2,(H,28,30)(H,29,33)(H,31,32). The van der Waals surface area contributed by atoms with E-state index in [1.54, 1.807) is 0 Å². The SMILES string of the molecule is O=C(NC(C(=O)NCC1(C(=O)O)CCCC1)C1CC1)OCC1c2ccccc2-c2ccccc21. The van der Waals surface area contributed by atoms with Crippen LogP contribution in [0.5, 0.6) is 0 Å². The molecule has 2 fully saturated rings. The third-order valence-electron chi connectivity index (χ3n) is 7.61. The Morgan fingerprint density at radius 1 is 0.971 bits per heavy atom. The Bertz CT molecular complexity index is 1060. The van der Waals surface area contributed by atoms with E-state index in [0.29, 0.717) is 12.8 Å². The lowest BCUT2D eigenvalue weighted by atomic mass is 9.86. The van der Waals surface area contributed by atoms with Gasteiger partial charge in [0.1, 0.15) is 12.6 Å². The molecule has 0 aliphatic heterocycles. The maximum atomic E-state index is 12.9. The van der Waals surface area contributed by atoms with Gasteiger partial charge in [0, 0.05) is 12.5 Å². The molecule has 0 spiro atoms. The summed E-state index contributed by atoms with van der Waals surface area (Å²) in [6.45, 7) is 0.276. The highest BCUT2D eigenvalue weighted by molar-refractivity contribution is 5.87. The number of carbonyl (C=O) groups is 3. The normalized spacial score (nSPS) is 19.1. The van der Waals surface area contributed by atoms with Crippen molar-refractivity contribution in [1.82, 2.24) is 10.6 Å². The summed E-state index contributed by atoms with van der Waals surface area (Å²) in [4.78, 5) is 37.4. The molecule has 0 aromatic heterocycles. The molecular formula is C27H30N2O5. The number of amides is 2. The van der Waals surface area contributed by atoms with Crippen LogP contribution in [0.15, 0.2) is 48.5 Å². The van der Waals surface area contributed by atoms with Crippen molar-refractivity contribution < 1.29 is 24.2 Å². The Labute approximate surface area is 198 Å². The minimum Gasteiger partial charge on any atom is -0.481 e. The van der Waals surface area contributed by atoms with Crippen LogP contribution in [0.3, 0.4) is 0 Å². The van der Waals surface area contributed by atoms with Crippen molar-refractivity contribution in [3.63, 3.8) is 0 Å². The average Bonchev–Trinajstić information content (AvgIpc) is 3.48. The number of hydrogen-bond acceptors (Lipinski definition) is 4. The zero-order chi connectivity index (χ0) is 23.7. The van der Waals surface area contributed by atoms with Gasteiger partial charge in [0.25, 0.3) is 0 Å². The Morgan fingerprint density at radius 2 is 1.56 bits per heavy atom. The van der Waals surface area contributed by atoms with Gasteiger partial charge < -0.3 is 20.5 Å². The lowest BCUT2D eigenvalue weighted by Gasteiger charge is -2.26. The molecule has 5 rings (SSSR count). The third-order valence-corrected chi connectivity index (χ3v) is 7.61. The van der Waals surface area contributed by atoms with E-state index in [1.165, 1.54) is 0 Å². The molecule has 34 heavy (non-hydrogen) atoms. The van der Waals surface area contributed by atoms with Gasteiger partial charge in [-0.3, -0.25) is 9.59 Å². The quantitative estimate of drug-likeness (QED) is 0.549. The summed E-state index contributed by atoms with van der Waals surface area (Å²) in [6.07, 6.45) is 3.92. The first kappa shape index (κ1) is 22.4. The van der Waals surface area contributed by atoms with Crippen LogP contribution >= 0.6 is 0 Å². The summed E-state index contributed by atoms with van der Waals surface area (Å²) >= 11 is 0. The molecule has 178 valence electrons. The van der Waals surface area contributed by atoms with Gasteiger partial charge in [-0.2, -0.15) is 0 Å².